The van der Waals surface area contributed by atoms with Crippen LogP contribution >= 0.6 is 11.3 Å². The molecule has 1 saturated carbocycles. The van der Waals surface area contributed by atoms with Crippen LogP contribution in [-0.2, 0) is 14.8 Å². The molecule has 2 fully saturated rings. The Bertz CT molecular complexity index is 1860. The number of sulfonamides is 1. The van der Waals surface area contributed by atoms with Crippen molar-refractivity contribution in [2.45, 2.75) is 67.9 Å². The number of rotatable bonds is 7. The summed E-state index contributed by atoms with van der Waals surface area (Å²) in [7, 11) is -4.09. The van der Waals surface area contributed by atoms with Gasteiger partial charge < -0.3 is 10.0 Å². The first-order valence-electron chi connectivity index (χ1n) is 13.2. The topological polar surface area (TPSA) is 167 Å². The number of nitriles is 1. The van der Waals surface area contributed by atoms with Gasteiger partial charge in [-0.1, -0.05) is 17.4 Å². The molecule has 1 amide bonds. The summed E-state index contributed by atoms with van der Waals surface area (Å²) in [5.41, 5.74) is -1.25. The van der Waals surface area contributed by atoms with Crippen LogP contribution in [0, 0.1) is 11.3 Å². The second-order valence-electron chi connectivity index (χ2n) is 11.1. The lowest BCUT2D eigenvalue weighted by molar-refractivity contribution is -0.148. The van der Waals surface area contributed by atoms with Gasteiger partial charge in [0.15, 0.2) is 10.7 Å². The molecule has 12 nitrogen and oxygen atoms in total. The highest BCUT2D eigenvalue weighted by Crippen LogP contribution is 2.41. The van der Waals surface area contributed by atoms with Crippen LogP contribution < -0.4 is 4.72 Å². The number of carbonyl (C=O) groups excluding carboxylic acids is 1. The summed E-state index contributed by atoms with van der Waals surface area (Å²) in [5.74, 6) is -0.454. The van der Waals surface area contributed by atoms with Crippen LogP contribution in [0.5, 0.6) is 0 Å². The first kappa shape index (κ1) is 28.5. The van der Waals surface area contributed by atoms with Gasteiger partial charge in [0.25, 0.3) is 12.3 Å². The number of halogens is 2. The van der Waals surface area contributed by atoms with E-state index in [1.165, 1.54) is 36.9 Å². The van der Waals surface area contributed by atoms with E-state index < -0.39 is 32.6 Å². The number of likely N-dealkylation sites (tertiary alicyclic amines) is 1. The number of alkyl halides is 2. The summed E-state index contributed by atoms with van der Waals surface area (Å²) in [6.07, 6.45) is 0.451. The quantitative estimate of drug-likeness (QED) is 0.317. The SMILES string of the molecule is CC(C)(O)C(=O)N1CCC(c2ncnc3c2c2ccc(S(=O)(=O)NC4(C#N)CC4)cc2n3-c2nnc(C(F)F)s2)CC1. The van der Waals surface area contributed by atoms with E-state index in [0.29, 0.717) is 77.7 Å². The van der Waals surface area contributed by atoms with Crippen molar-refractivity contribution >= 4 is 49.2 Å². The highest BCUT2D eigenvalue weighted by molar-refractivity contribution is 7.89. The average Bonchev–Trinajstić information content (AvgIpc) is 3.39. The van der Waals surface area contributed by atoms with Crippen LogP contribution in [0.4, 0.5) is 8.78 Å². The Kier molecular flexibility index (Phi) is 6.76. The number of benzene rings is 1. The predicted octanol–water partition coefficient (Wildman–Crippen LogP) is 3.17. The molecule has 3 aromatic heterocycles. The Morgan fingerprint density at radius 1 is 1.24 bits per heavy atom. The van der Waals surface area contributed by atoms with Crippen molar-refractivity contribution in [3.8, 4) is 11.2 Å². The van der Waals surface area contributed by atoms with Crippen molar-refractivity contribution in [1.82, 2.24) is 34.4 Å². The number of hydrogen-bond donors (Lipinski definition) is 2. The third kappa shape index (κ3) is 4.89. The maximum Gasteiger partial charge on any atom is 0.291 e. The highest BCUT2D eigenvalue weighted by Gasteiger charge is 2.47. The molecule has 16 heteroatoms. The predicted molar refractivity (Wildman–Crippen MR) is 148 cm³/mol. The van der Waals surface area contributed by atoms with E-state index in [2.05, 4.69) is 24.9 Å². The van der Waals surface area contributed by atoms with E-state index in [1.807, 2.05) is 6.07 Å². The molecule has 2 N–H and O–H groups in total. The van der Waals surface area contributed by atoms with E-state index in [9.17, 15) is 32.4 Å². The minimum atomic E-state index is -4.09. The van der Waals surface area contributed by atoms with Gasteiger partial charge in [-0.15, -0.1) is 10.2 Å². The maximum absolute atomic E-state index is 13.5. The van der Waals surface area contributed by atoms with Crippen molar-refractivity contribution < 1.29 is 27.1 Å². The lowest BCUT2D eigenvalue weighted by atomic mass is 9.90. The van der Waals surface area contributed by atoms with E-state index in [-0.39, 0.29) is 21.9 Å². The van der Waals surface area contributed by atoms with Crippen molar-refractivity contribution in [2.24, 2.45) is 0 Å². The summed E-state index contributed by atoms with van der Waals surface area (Å²) >= 11 is 0.667. The number of piperidine rings is 1. The van der Waals surface area contributed by atoms with Gasteiger partial charge in [0.2, 0.25) is 15.2 Å². The highest BCUT2D eigenvalue weighted by atomic mass is 32.2. The normalized spacial score (nSPS) is 17.7. The number of aromatic nitrogens is 5. The average molecular weight is 617 g/mol. The van der Waals surface area contributed by atoms with Gasteiger partial charge in [-0.2, -0.15) is 9.98 Å². The standard InChI is InChI=1S/C26H26F2N8O4S2/c1-25(2,38)23(37)35-9-5-14(6-10-35)19-18-16-4-3-15(42(39,40)34-26(12-29)7-8-26)11-17(16)36(21(18)31-13-30-19)24-33-32-22(41-24)20(27)28/h3-4,11,13-14,20,34,38H,5-10H2,1-2H3. The third-order valence-corrected chi connectivity index (χ3v) is 10.1. The summed E-state index contributed by atoms with van der Waals surface area (Å²) < 4.78 is 57.4. The molecule has 2 aliphatic rings. The lowest BCUT2D eigenvalue weighted by Crippen LogP contribution is -2.48. The molecular formula is C26H26F2N8O4S2. The minimum Gasteiger partial charge on any atom is -0.381 e. The Labute approximate surface area is 243 Å². The van der Waals surface area contributed by atoms with Gasteiger partial charge in [-0.05, 0) is 51.7 Å². The van der Waals surface area contributed by atoms with E-state index >= 15 is 0 Å². The fourth-order valence-electron chi connectivity index (χ4n) is 5.34. The minimum absolute atomic E-state index is 0.0822. The molecule has 0 spiro atoms. The Morgan fingerprint density at radius 3 is 2.55 bits per heavy atom. The maximum atomic E-state index is 13.5. The van der Waals surface area contributed by atoms with Crippen molar-refractivity contribution in [3.63, 3.8) is 0 Å². The van der Waals surface area contributed by atoms with Crippen molar-refractivity contribution in [2.75, 3.05) is 13.1 Å². The molecule has 0 unspecified atom stereocenters. The number of fused-ring (bicyclic) bond motifs is 3. The smallest absolute Gasteiger partial charge is 0.291 e. The fourth-order valence-corrected chi connectivity index (χ4v) is 7.45. The first-order chi connectivity index (χ1) is 19.8. The number of nitrogens with one attached hydrogen (secondary N) is 1. The second-order valence-corrected chi connectivity index (χ2v) is 13.8. The zero-order valence-electron chi connectivity index (χ0n) is 22.6. The third-order valence-electron chi connectivity index (χ3n) is 7.65. The molecule has 1 saturated heterocycles. The van der Waals surface area contributed by atoms with Gasteiger partial charge in [-0.3, -0.25) is 9.36 Å². The lowest BCUT2D eigenvalue weighted by Gasteiger charge is -2.35. The number of carbonyl (C=O) groups is 1. The van der Waals surface area contributed by atoms with Crippen LogP contribution in [0.15, 0.2) is 29.4 Å². The number of nitrogens with zero attached hydrogens (tertiary/aromatic N) is 7. The molecule has 1 aromatic carbocycles. The summed E-state index contributed by atoms with van der Waals surface area (Å²) in [6, 6.07) is 6.46. The van der Waals surface area contributed by atoms with Crippen LogP contribution in [0.3, 0.4) is 0 Å². The fraction of sp³-hybridized carbons (Fsp3) is 0.462. The zero-order chi connectivity index (χ0) is 30.0. The molecule has 42 heavy (non-hydrogen) atoms. The number of amides is 1. The molecule has 4 heterocycles. The molecule has 1 aliphatic heterocycles. The zero-order valence-corrected chi connectivity index (χ0v) is 24.2. The molecule has 0 bridgehead atoms. The molecule has 1 aliphatic carbocycles. The van der Waals surface area contributed by atoms with E-state index in [0.717, 1.165) is 0 Å². The van der Waals surface area contributed by atoms with Crippen LogP contribution in [0.25, 0.3) is 27.1 Å². The van der Waals surface area contributed by atoms with Crippen LogP contribution in [-0.4, -0.2) is 73.3 Å². The monoisotopic (exact) mass is 616 g/mol. The van der Waals surface area contributed by atoms with Crippen LogP contribution in [0.1, 0.15) is 62.6 Å². The summed E-state index contributed by atoms with van der Waals surface area (Å²) in [5, 5.41) is 27.9. The van der Waals surface area contributed by atoms with Gasteiger partial charge >= 0.3 is 0 Å². The van der Waals surface area contributed by atoms with Crippen LogP contribution in [0.2, 0.25) is 0 Å². The number of hydrogen-bond acceptors (Lipinski definition) is 10. The second kappa shape index (κ2) is 9.97. The largest absolute Gasteiger partial charge is 0.381 e. The molecule has 0 atom stereocenters. The number of aliphatic hydroxyl groups is 1. The van der Waals surface area contributed by atoms with E-state index in [1.54, 1.807) is 11.0 Å². The molecule has 4 aromatic rings. The van der Waals surface area contributed by atoms with Crippen molar-refractivity contribution in [3.05, 3.63) is 35.2 Å². The Balaban J connectivity index is 1.48. The molecular weight excluding hydrogens is 590 g/mol. The first-order valence-corrected chi connectivity index (χ1v) is 15.5. The molecule has 220 valence electrons. The Hall–Kier alpha value is -3.65. The van der Waals surface area contributed by atoms with Gasteiger partial charge in [0, 0.05) is 29.8 Å². The molecule has 6 rings (SSSR count). The van der Waals surface area contributed by atoms with Gasteiger partial charge in [0.1, 0.15) is 17.5 Å². The van der Waals surface area contributed by atoms with Gasteiger partial charge in [-0.25, -0.2) is 27.2 Å². The Morgan fingerprint density at radius 2 is 1.95 bits per heavy atom. The van der Waals surface area contributed by atoms with E-state index in [4.69, 9.17) is 0 Å². The van der Waals surface area contributed by atoms with Crippen molar-refractivity contribution in [1.29, 1.82) is 5.26 Å². The molecule has 0 radical (unpaired) electrons. The summed E-state index contributed by atoms with van der Waals surface area (Å²) in [6.45, 7) is 3.71. The summed E-state index contributed by atoms with van der Waals surface area (Å²) in [4.78, 5) is 23.1. The van der Waals surface area contributed by atoms with Gasteiger partial charge in [0.05, 0.1) is 22.2 Å².